The van der Waals surface area contributed by atoms with Gasteiger partial charge in [-0.15, -0.1) is 0 Å². The van der Waals surface area contributed by atoms with E-state index in [2.05, 4.69) is 30.2 Å². The van der Waals surface area contributed by atoms with Crippen LogP contribution in [-0.4, -0.2) is 22.2 Å². The number of hydrogen-bond acceptors (Lipinski definition) is 4. The van der Waals surface area contributed by atoms with E-state index in [9.17, 15) is 0 Å². The summed E-state index contributed by atoms with van der Waals surface area (Å²) in [5.41, 5.74) is 0.901. The summed E-state index contributed by atoms with van der Waals surface area (Å²) >= 11 is 1.65. The summed E-state index contributed by atoms with van der Waals surface area (Å²) in [7, 11) is 0. The normalized spacial score (nSPS) is 11.9. The number of nitrogens with one attached hydrogen (secondary N) is 1. The van der Waals surface area contributed by atoms with Gasteiger partial charge in [-0.25, -0.2) is 4.98 Å². The standard InChI is InChI=1S/C12H16N2OS/c1-12(2,7-8-15)14-11-13-9-5-3-4-6-10(9)16-11/h3-6,15H,7-8H2,1-2H3,(H,13,14). The van der Waals surface area contributed by atoms with Crippen LogP contribution in [0.15, 0.2) is 24.3 Å². The maximum absolute atomic E-state index is 8.96. The molecule has 0 bridgehead atoms. The molecule has 0 radical (unpaired) electrons. The van der Waals surface area contributed by atoms with E-state index in [4.69, 9.17) is 5.11 Å². The highest BCUT2D eigenvalue weighted by Crippen LogP contribution is 2.28. The first kappa shape index (κ1) is 11.4. The molecule has 4 heteroatoms. The SMILES string of the molecule is CC(C)(CCO)Nc1nc2ccccc2s1. The van der Waals surface area contributed by atoms with Gasteiger partial charge in [0.15, 0.2) is 5.13 Å². The van der Waals surface area contributed by atoms with Gasteiger partial charge >= 0.3 is 0 Å². The maximum Gasteiger partial charge on any atom is 0.184 e. The van der Waals surface area contributed by atoms with Gasteiger partial charge in [-0.05, 0) is 32.4 Å². The predicted octanol–water partition coefficient (Wildman–Crippen LogP) is 2.87. The lowest BCUT2D eigenvalue weighted by Gasteiger charge is -2.24. The van der Waals surface area contributed by atoms with Gasteiger partial charge < -0.3 is 10.4 Å². The highest BCUT2D eigenvalue weighted by Gasteiger charge is 2.18. The second-order valence-electron chi connectivity index (χ2n) is 4.47. The van der Waals surface area contributed by atoms with E-state index in [0.717, 1.165) is 10.6 Å². The number of rotatable bonds is 4. The van der Waals surface area contributed by atoms with Gasteiger partial charge in [0.05, 0.1) is 10.2 Å². The molecule has 2 rings (SSSR count). The Morgan fingerprint density at radius 3 is 2.81 bits per heavy atom. The molecule has 0 saturated carbocycles. The molecular weight excluding hydrogens is 220 g/mol. The van der Waals surface area contributed by atoms with Crippen molar-refractivity contribution in [2.45, 2.75) is 25.8 Å². The molecule has 1 aromatic carbocycles. The fourth-order valence-electron chi connectivity index (χ4n) is 1.56. The van der Waals surface area contributed by atoms with Crippen LogP contribution in [0.2, 0.25) is 0 Å². The molecule has 1 aromatic heterocycles. The van der Waals surface area contributed by atoms with Crippen molar-refractivity contribution in [3.8, 4) is 0 Å². The van der Waals surface area contributed by atoms with Gasteiger partial charge in [-0.1, -0.05) is 23.5 Å². The molecule has 0 saturated heterocycles. The first-order valence-corrected chi connectivity index (χ1v) is 6.17. The first-order valence-electron chi connectivity index (χ1n) is 5.35. The summed E-state index contributed by atoms with van der Waals surface area (Å²) in [4.78, 5) is 4.51. The third-order valence-corrected chi connectivity index (χ3v) is 3.43. The van der Waals surface area contributed by atoms with Crippen molar-refractivity contribution in [1.29, 1.82) is 0 Å². The Kier molecular flexibility index (Phi) is 3.12. The van der Waals surface area contributed by atoms with Crippen molar-refractivity contribution in [3.63, 3.8) is 0 Å². The van der Waals surface area contributed by atoms with Gasteiger partial charge in [0.2, 0.25) is 0 Å². The molecule has 0 aliphatic carbocycles. The maximum atomic E-state index is 8.96. The topological polar surface area (TPSA) is 45.1 Å². The zero-order valence-electron chi connectivity index (χ0n) is 9.53. The van der Waals surface area contributed by atoms with Crippen molar-refractivity contribution in [1.82, 2.24) is 4.98 Å². The molecule has 0 aliphatic rings. The zero-order chi connectivity index (χ0) is 11.6. The van der Waals surface area contributed by atoms with Crippen molar-refractivity contribution in [3.05, 3.63) is 24.3 Å². The fraction of sp³-hybridized carbons (Fsp3) is 0.417. The molecule has 0 amide bonds. The molecule has 86 valence electrons. The molecule has 1 heterocycles. The summed E-state index contributed by atoms with van der Waals surface area (Å²) < 4.78 is 1.18. The van der Waals surface area contributed by atoms with Crippen LogP contribution in [0.3, 0.4) is 0 Å². The van der Waals surface area contributed by atoms with Gasteiger partial charge in [0, 0.05) is 12.1 Å². The van der Waals surface area contributed by atoms with Crippen LogP contribution in [-0.2, 0) is 0 Å². The minimum absolute atomic E-state index is 0.122. The Balaban J connectivity index is 2.21. The molecular formula is C12H16N2OS. The van der Waals surface area contributed by atoms with E-state index in [1.54, 1.807) is 11.3 Å². The van der Waals surface area contributed by atoms with Crippen LogP contribution in [0.1, 0.15) is 20.3 Å². The number of thiazole rings is 1. The van der Waals surface area contributed by atoms with Crippen LogP contribution in [0, 0.1) is 0 Å². The van der Waals surface area contributed by atoms with E-state index >= 15 is 0 Å². The monoisotopic (exact) mass is 236 g/mol. The summed E-state index contributed by atoms with van der Waals surface area (Å²) in [6.45, 7) is 4.31. The predicted molar refractivity (Wildman–Crippen MR) is 69.0 cm³/mol. The van der Waals surface area contributed by atoms with Crippen molar-refractivity contribution >= 4 is 26.7 Å². The summed E-state index contributed by atoms with van der Waals surface area (Å²) in [6.07, 6.45) is 0.711. The van der Waals surface area contributed by atoms with Crippen LogP contribution >= 0.6 is 11.3 Å². The van der Waals surface area contributed by atoms with Gasteiger partial charge in [0.1, 0.15) is 0 Å². The lowest BCUT2D eigenvalue weighted by molar-refractivity contribution is 0.261. The van der Waals surface area contributed by atoms with E-state index in [-0.39, 0.29) is 12.1 Å². The number of aromatic nitrogens is 1. The van der Waals surface area contributed by atoms with E-state index in [0.29, 0.717) is 6.42 Å². The van der Waals surface area contributed by atoms with E-state index in [1.807, 2.05) is 18.2 Å². The highest BCUT2D eigenvalue weighted by molar-refractivity contribution is 7.22. The lowest BCUT2D eigenvalue weighted by atomic mass is 10.0. The Hall–Kier alpha value is -1.13. The fourth-order valence-corrected chi connectivity index (χ4v) is 2.60. The Morgan fingerprint density at radius 2 is 2.12 bits per heavy atom. The van der Waals surface area contributed by atoms with Crippen molar-refractivity contribution < 1.29 is 5.11 Å². The minimum Gasteiger partial charge on any atom is -0.396 e. The third kappa shape index (κ3) is 2.51. The number of benzene rings is 1. The molecule has 16 heavy (non-hydrogen) atoms. The second-order valence-corrected chi connectivity index (χ2v) is 5.50. The van der Waals surface area contributed by atoms with Crippen LogP contribution in [0.25, 0.3) is 10.2 Å². The number of hydrogen-bond donors (Lipinski definition) is 2. The Morgan fingerprint density at radius 1 is 1.38 bits per heavy atom. The molecule has 0 unspecified atom stereocenters. The second kappa shape index (κ2) is 4.39. The summed E-state index contributed by atoms with van der Waals surface area (Å²) in [5.74, 6) is 0. The Bertz CT molecular complexity index is 446. The van der Waals surface area contributed by atoms with Crippen LogP contribution in [0.4, 0.5) is 5.13 Å². The largest absolute Gasteiger partial charge is 0.396 e. The van der Waals surface area contributed by atoms with Crippen LogP contribution < -0.4 is 5.32 Å². The van der Waals surface area contributed by atoms with Gasteiger partial charge in [0.25, 0.3) is 0 Å². The van der Waals surface area contributed by atoms with Gasteiger partial charge in [-0.3, -0.25) is 0 Å². The number of para-hydroxylation sites is 1. The average Bonchev–Trinajstić information content (AvgIpc) is 2.58. The van der Waals surface area contributed by atoms with Gasteiger partial charge in [-0.2, -0.15) is 0 Å². The highest BCUT2D eigenvalue weighted by atomic mass is 32.1. The molecule has 0 atom stereocenters. The molecule has 0 aliphatic heterocycles. The number of nitrogens with zero attached hydrogens (tertiary/aromatic N) is 1. The molecule has 2 aromatic rings. The molecule has 0 spiro atoms. The Labute approximate surface area is 99.1 Å². The lowest BCUT2D eigenvalue weighted by Crippen LogP contribution is -2.31. The number of fused-ring (bicyclic) bond motifs is 1. The summed E-state index contributed by atoms with van der Waals surface area (Å²) in [6, 6.07) is 8.08. The van der Waals surface area contributed by atoms with Crippen LogP contribution in [0.5, 0.6) is 0 Å². The number of aliphatic hydroxyl groups is 1. The smallest absolute Gasteiger partial charge is 0.184 e. The molecule has 0 fully saturated rings. The minimum atomic E-state index is -0.122. The zero-order valence-corrected chi connectivity index (χ0v) is 10.3. The van der Waals surface area contributed by atoms with E-state index in [1.165, 1.54) is 4.70 Å². The quantitative estimate of drug-likeness (QED) is 0.858. The number of aliphatic hydroxyl groups excluding tert-OH is 1. The van der Waals surface area contributed by atoms with Crippen molar-refractivity contribution in [2.24, 2.45) is 0 Å². The first-order chi connectivity index (χ1) is 7.61. The molecule has 2 N–H and O–H groups in total. The van der Waals surface area contributed by atoms with E-state index < -0.39 is 0 Å². The van der Waals surface area contributed by atoms with Crippen molar-refractivity contribution in [2.75, 3.05) is 11.9 Å². The summed E-state index contributed by atoms with van der Waals surface area (Å²) in [5, 5.41) is 13.2. The average molecular weight is 236 g/mol. The number of anilines is 1. The molecule has 3 nitrogen and oxygen atoms in total. The third-order valence-electron chi connectivity index (χ3n) is 2.48.